The summed E-state index contributed by atoms with van der Waals surface area (Å²) >= 11 is 0. The van der Waals surface area contributed by atoms with Crippen LogP contribution in [-0.4, -0.2) is 110 Å². The highest BCUT2D eigenvalue weighted by atomic mass is 28.3. The van der Waals surface area contributed by atoms with Crippen molar-refractivity contribution in [3.63, 3.8) is 0 Å². The fraction of sp³-hybridized carbons (Fsp3) is 1.00. The molecule has 2 fully saturated rings. The van der Waals surface area contributed by atoms with Gasteiger partial charge in [0.15, 0.2) is 5.79 Å². The van der Waals surface area contributed by atoms with Gasteiger partial charge < -0.3 is 47.7 Å². The van der Waals surface area contributed by atoms with E-state index in [1.54, 1.807) is 14.2 Å². The predicted octanol–water partition coefficient (Wildman–Crippen LogP) is 2.99. The van der Waals surface area contributed by atoms with Crippen LogP contribution in [-0.2, 0) is 42.6 Å². The summed E-state index contributed by atoms with van der Waals surface area (Å²) in [6, 6.07) is 1.05. The SMILES string of the molecule is COCOCC[C@@H](C)[C@@H](OCOC)[C@H](OCOCC[Si](C)(C)C)[C@H]1C[C@@H](O)[C@@H]([C@@H]2COC(C)(C)O2)O1. The van der Waals surface area contributed by atoms with Gasteiger partial charge in [-0.2, -0.15) is 0 Å². The van der Waals surface area contributed by atoms with E-state index in [0.717, 1.165) is 12.5 Å². The molecular weight excluding hydrogens is 488 g/mol. The first kappa shape index (κ1) is 32.0. The van der Waals surface area contributed by atoms with Gasteiger partial charge in [-0.3, -0.25) is 0 Å². The average Bonchev–Trinajstić information content (AvgIpc) is 3.35. The van der Waals surface area contributed by atoms with Crippen molar-refractivity contribution in [2.75, 3.05) is 54.4 Å². The molecule has 36 heavy (non-hydrogen) atoms. The fourth-order valence-electron chi connectivity index (χ4n) is 4.43. The fourth-order valence-corrected chi connectivity index (χ4v) is 5.18. The summed E-state index contributed by atoms with van der Waals surface area (Å²) in [7, 11) is 1.97. The highest BCUT2D eigenvalue weighted by Gasteiger charge is 2.49. The highest BCUT2D eigenvalue weighted by Crippen LogP contribution is 2.35. The Hall–Kier alpha value is -0.183. The molecule has 0 bridgehead atoms. The van der Waals surface area contributed by atoms with Crippen LogP contribution in [0.1, 0.15) is 33.6 Å². The zero-order valence-corrected chi connectivity index (χ0v) is 24.5. The normalized spacial score (nSPS) is 28.9. The zero-order valence-electron chi connectivity index (χ0n) is 23.5. The first-order valence-corrected chi connectivity index (χ1v) is 16.7. The van der Waals surface area contributed by atoms with Crippen LogP contribution in [0.3, 0.4) is 0 Å². The maximum absolute atomic E-state index is 10.9. The first-order chi connectivity index (χ1) is 17.0. The van der Waals surface area contributed by atoms with Crippen LogP contribution in [0.25, 0.3) is 0 Å². The summed E-state index contributed by atoms with van der Waals surface area (Å²) in [5, 5.41) is 10.9. The zero-order chi connectivity index (χ0) is 26.8. The van der Waals surface area contributed by atoms with Gasteiger partial charge >= 0.3 is 0 Å². The lowest BCUT2D eigenvalue weighted by Gasteiger charge is -2.35. The van der Waals surface area contributed by atoms with E-state index in [1.807, 2.05) is 13.8 Å². The van der Waals surface area contributed by atoms with Gasteiger partial charge in [-0.25, -0.2) is 0 Å². The number of methoxy groups -OCH3 is 2. The van der Waals surface area contributed by atoms with E-state index in [4.69, 9.17) is 42.6 Å². The molecule has 214 valence electrons. The van der Waals surface area contributed by atoms with E-state index >= 15 is 0 Å². The van der Waals surface area contributed by atoms with Gasteiger partial charge in [0.2, 0.25) is 0 Å². The van der Waals surface area contributed by atoms with E-state index < -0.39 is 38.3 Å². The monoisotopic (exact) mass is 538 g/mol. The third kappa shape index (κ3) is 10.9. The Bertz CT molecular complexity index is 602. The Morgan fingerprint density at radius 2 is 1.69 bits per heavy atom. The van der Waals surface area contributed by atoms with Crippen molar-refractivity contribution >= 4 is 8.07 Å². The molecule has 0 aromatic heterocycles. The van der Waals surface area contributed by atoms with Gasteiger partial charge in [0.1, 0.15) is 38.7 Å². The minimum absolute atomic E-state index is 0.0498. The second-order valence-electron chi connectivity index (χ2n) is 11.4. The summed E-state index contributed by atoms with van der Waals surface area (Å²) in [4.78, 5) is 0. The van der Waals surface area contributed by atoms with Gasteiger partial charge in [0, 0.05) is 41.9 Å². The summed E-state index contributed by atoms with van der Waals surface area (Å²) in [5.74, 6) is -0.652. The van der Waals surface area contributed by atoms with Crippen molar-refractivity contribution in [2.45, 2.75) is 102 Å². The lowest BCUT2D eigenvalue weighted by molar-refractivity contribution is -0.214. The van der Waals surface area contributed by atoms with Crippen molar-refractivity contribution in [3.8, 4) is 0 Å². The maximum atomic E-state index is 10.9. The van der Waals surface area contributed by atoms with Crippen molar-refractivity contribution in [2.24, 2.45) is 5.92 Å². The van der Waals surface area contributed by atoms with Crippen LogP contribution in [0.2, 0.25) is 25.7 Å². The van der Waals surface area contributed by atoms with Crippen LogP contribution >= 0.6 is 0 Å². The molecule has 0 radical (unpaired) electrons. The highest BCUT2D eigenvalue weighted by molar-refractivity contribution is 6.76. The van der Waals surface area contributed by atoms with Gasteiger partial charge in [0.25, 0.3) is 0 Å². The second kappa shape index (κ2) is 15.4. The topological polar surface area (TPSA) is 103 Å². The summed E-state index contributed by atoms with van der Waals surface area (Å²) in [6.45, 7) is 14.7. The molecule has 7 atom stereocenters. The van der Waals surface area contributed by atoms with Crippen LogP contribution in [0.5, 0.6) is 0 Å². The van der Waals surface area contributed by atoms with Crippen molar-refractivity contribution in [1.82, 2.24) is 0 Å². The van der Waals surface area contributed by atoms with Gasteiger partial charge in [-0.05, 0) is 32.2 Å². The lowest BCUT2D eigenvalue weighted by atomic mass is 9.92. The molecule has 2 aliphatic rings. The Morgan fingerprint density at radius 1 is 1.00 bits per heavy atom. The smallest absolute Gasteiger partial charge is 0.163 e. The Balaban J connectivity index is 2.10. The minimum Gasteiger partial charge on any atom is -0.390 e. The Kier molecular flexibility index (Phi) is 13.7. The molecule has 2 rings (SSSR count). The Morgan fingerprint density at radius 3 is 2.31 bits per heavy atom. The first-order valence-electron chi connectivity index (χ1n) is 13.0. The van der Waals surface area contributed by atoms with Crippen molar-refractivity contribution < 1.29 is 47.7 Å². The molecule has 2 aliphatic heterocycles. The lowest BCUT2D eigenvalue weighted by Crippen LogP contribution is -2.46. The molecule has 0 unspecified atom stereocenters. The second-order valence-corrected chi connectivity index (χ2v) is 17.0. The average molecular weight is 539 g/mol. The minimum atomic E-state index is -1.21. The van der Waals surface area contributed by atoms with Gasteiger partial charge in [-0.15, -0.1) is 0 Å². The maximum Gasteiger partial charge on any atom is 0.163 e. The molecule has 0 aromatic carbocycles. The number of rotatable bonds is 18. The van der Waals surface area contributed by atoms with Crippen LogP contribution in [0, 0.1) is 5.92 Å². The molecule has 0 saturated carbocycles. The van der Waals surface area contributed by atoms with E-state index in [2.05, 4.69) is 26.6 Å². The van der Waals surface area contributed by atoms with Gasteiger partial charge in [0.05, 0.1) is 24.9 Å². The molecule has 0 aromatic rings. The molecule has 0 amide bonds. The molecule has 0 spiro atoms. The van der Waals surface area contributed by atoms with Crippen molar-refractivity contribution in [1.29, 1.82) is 0 Å². The third-order valence-corrected chi connectivity index (χ3v) is 8.17. The standard InChI is InChI=1S/C25H50O10Si/c1-18(9-10-29-15-27-4)22(31-16-28-5)24(32-17-30-11-12-36(6,7)8)20-13-19(26)23(34-20)21-14-33-25(2,3)35-21/h18-24,26H,9-17H2,1-8H3/t18-,19-,20-,21+,22-,23+,24-/m1/s1. The molecule has 0 aliphatic carbocycles. The number of hydrogen-bond donors (Lipinski definition) is 1. The summed E-state index contributed by atoms with van der Waals surface area (Å²) < 4.78 is 52.0. The largest absolute Gasteiger partial charge is 0.390 e. The quantitative estimate of drug-likeness (QED) is 0.159. The van der Waals surface area contributed by atoms with Crippen molar-refractivity contribution in [3.05, 3.63) is 0 Å². The number of ether oxygens (including phenoxy) is 9. The molecule has 11 heteroatoms. The van der Waals surface area contributed by atoms with Crippen LogP contribution < -0.4 is 0 Å². The third-order valence-electron chi connectivity index (χ3n) is 6.47. The number of aliphatic hydroxyl groups excluding tert-OH is 1. The predicted molar refractivity (Wildman–Crippen MR) is 136 cm³/mol. The molecular formula is C25H50O10Si. The number of aliphatic hydroxyl groups is 1. The Labute approximate surface area is 218 Å². The van der Waals surface area contributed by atoms with Crippen LogP contribution in [0.4, 0.5) is 0 Å². The number of hydrogen-bond acceptors (Lipinski definition) is 10. The van der Waals surface area contributed by atoms with Crippen LogP contribution in [0.15, 0.2) is 0 Å². The molecule has 2 saturated heterocycles. The van der Waals surface area contributed by atoms with E-state index in [1.165, 1.54) is 0 Å². The van der Waals surface area contributed by atoms with E-state index in [9.17, 15) is 5.11 Å². The van der Waals surface area contributed by atoms with E-state index in [0.29, 0.717) is 26.2 Å². The van der Waals surface area contributed by atoms with Gasteiger partial charge in [-0.1, -0.05) is 26.6 Å². The molecule has 10 nitrogen and oxygen atoms in total. The summed E-state index contributed by atoms with van der Waals surface area (Å²) in [5.41, 5.74) is 0. The van der Waals surface area contributed by atoms with E-state index in [-0.39, 0.29) is 38.5 Å². The summed E-state index contributed by atoms with van der Waals surface area (Å²) in [6.07, 6.45) is -1.73. The molecule has 2 heterocycles. The molecule has 1 N–H and O–H groups in total.